The maximum Gasteiger partial charge on any atom is 0.194 e. The fourth-order valence-corrected chi connectivity index (χ4v) is 2.18. The molecule has 1 N–H and O–H groups in total. The van der Waals surface area contributed by atoms with Crippen molar-refractivity contribution in [2.24, 2.45) is 7.05 Å². The molecule has 1 saturated heterocycles. The molecule has 4 nitrogen and oxygen atoms in total. The molecule has 0 amide bonds. The second-order valence-electron chi connectivity index (χ2n) is 3.66. The maximum atomic E-state index is 5.63. The smallest absolute Gasteiger partial charge is 0.194 e. The van der Waals surface area contributed by atoms with Crippen molar-refractivity contribution in [2.45, 2.75) is 31.8 Å². The molecule has 5 heteroatoms. The first-order valence-corrected chi connectivity index (χ1v) is 5.37. The summed E-state index contributed by atoms with van der Waals surface area (Å²) in [5.41, 5.74) is 0. The van der Waals surface area contributed by atoms with Crippen molar-refractivity contribution in [3.05, 3.63) is 10.6 Å². The lowest BCUT2D eigenvalue weighted by molar-refractivity contribution is 0.0989. The van der Waals surface area contributed by atoms with Crippen molar-refractivity contribution in [2.75, 3.05) is 6.61 Å². The van der Waals surface area contributed by atoms with Gasteiger partial charge in [0, 0.05) is 19.6 Å². The minimum atomic E-state index is 0.305. The molecule has 14 heavy (non-hydrogen) atoms. The van der Waals surface area contributed by atoms with E-state index in [2.05, 4.69) is 17.1 Å². The SMILES string of the molecule is CCC1OCCC1c1n[nH]c(=S)n1C. The molecule has 78 valence electrons. The van der Waals surface area contributed by atoms with Gasteiger partial charge in [0.25, 0.3) is 0 Å². The highest BCUT2D eigenvalue weighted by Crippen LogP contribution is 2.31. The van der Waals surface area contributed by atoms with E-state index in [-0.39, 0.29) is 0 Å². The molecule has 0 saturated carbocycles. The van der Waals surface area contributed by atoms with Crippen LogP contribution in [0.3, 0.4) is 0 Å². The number of hydrogen-bond acceptors (Lipinski definition) is 3. The fraction of sp³-hybridized carbons (Fsp3) is 0.778. The topological polar surface area (TPSA) is 42.8 Å². The van der Waals surface area contributed by atoms with Crippen LogP contribution in [0.25, 0.3) is 0 Å². The van der Waals surface area contributed by atoms with Gasteiger partial charge in [-0.05, 0) is 25.1 Å². The van der Waals surface area contributed by atoms with E-state index in [1.165, 1.54) is 0 Å². The maximum absolute atomic E-state index is 5.63. The Kier molecular flexibility index (Phi) is 2.69. The van der Waals surface area contributed by atoms with E-state index < -0.39 is 0 Å². The summed E-state index contributed by atoms with van der Waals surface area (Å²) in [6.45, 7) is 2.98. The normalized spacial score (nSPS) is 27.0. The highest BCUT2D eigenvalue weighted by atomic mass is 32.1. The van der Waals surface area contributed by atoms with Crippen molar-refractivity contribution >= 4 is 12.2 Å². The zero-order valence-electron chi connectivity index (χ0n) is 8.49. The van der Waals surface area contributed by atoms with Crippen molar-refractivity contribution in [3.8, 4) is 0 Å². The molecule has 0 radical (unpaired) electrons. The van der Waals surface area contributed by atoms with Gasteiger partial charge < -0.3 is 9.30 Å². The van der Waals surface area contributed by atoms with Gasteiger partial charge in [0.1, 0.15) is 5.82 Å². The second-order valence-corrected chi connectivity index (χ2v) is 4.05. The number of rotatable bonds is 2. The number of aromatic nitrogens is 3. The zero-order valence-corrected chi connectivity index (χ0v) is 9.30. The van der Waals surface area contributed by atoms with E-state index in [1.807, 2.05) is 11.6 Å². The summed E-state index contributed by atoms with van der Waals surface area (Å²) in [6.07, 6.45) is 2.38. The van der Waals surface area contributed by atoms with Crippen LogP contribution in [0.15, 0.2) is 0 Å². The molecule has 0 aromatic carbocycles. The van der Waals surface area contributed by atoms with Gasteiger partial charge in [-0.3, -0.25) is 5.10 Å². The summed E-state index contributed by atoms with van der Waals surface area (Å²) in [7, 11) is 1.95. The number of ether oxygens (including phenoxy) is 1. The highest BCUT2D eigenvalue weighted by Gasteiger charge is 2.31. The first kappa shape index (κ1) is 9.86. The van der Waals surface area contributed by atoms with Gasteiger partial charge in [0.2, 0.25) is 0 Å². The average Bonchev–Trinajstić information content (AvgIpc) is 2.75. The Hall–Kier alpha value is -0.680. The summed E-state index contributed by atoms with van der Waals surface area (Å²) in [6, 6.07) is 0. The van der Waals surface area contributed by atoms with Crippen LogP contribution in [-0.2, 0) is 11.8 Å². The van der Waals surface area contributed by atoms with Gasteiger partial charge in [0.15, 0.2) is 4.77 Å². The molecule has 2 unspecified atom stereocenters. The van der Waals surface area contributed by atoms with E-state index >= 15 is 0 Å². The molecule has 1 fully saturated rings. The minimum absolute atomic E-state index is 0.305. The molecule has 1 aromatic heterocycles. The van der Waals surface area contributed by atoms with Crippen molar-refractivity contribution in [3.63, 3.8) is 0 Å². The van der Waals surface area contributed by atoms with Crippen molar-refractivity contribution in [1.29, 1.82) is 0 Å². The standard InChI is InChI=1S/C9H15N3OS/c1-3-7-6(4-5-13-7)8-10-11-9(14)12(8)2/h6-7H,3-5H2,1-2H3,(H,11,14). The predicted octanol–water partition coefficient (Wildman–Crippen LogP) is 1.76. The number of nitrogens with one attached hydrogen (secondary N) is 1. The molecule has 2 heterocycles. The van der Waals surface area contributed by atoms with Crippen molar-refractivity contribution in [1.82, 2.24) is 14.8 Å². The summed E-state index contributed by atoms with van der Waals surface area (Å²) in [4.78, 5) is 0. The van der Waals surface area contributed by atoms with Crippen LogP contribution in [0.2, 0.25) is 0 Å². The van der Waals surface area contributed by atoms with Crippen LogP contribution in [0, 0.1) is 4.77 Å². The molecule has 1 aliphatic heterocycles. The molecule has 1 aromatic rings. The largest absolute Gasteiger partial charge is 0.377 e. The molecule has 1 aliphatic rings. The molecule has 0 spiro atoms. The van der Waals surface area contributed by atoms with Gasteiger partial charge >= 0.3 is 0 Å². The lowest BCUT2D eigenvalue weighted by Crippen LogP contribution is -2.16. The lowest BCUT2D eigenvalue weighted by Gasteiger charge is -2.15. The number of hydrogen-bond donors (Lipinski definition) is 1. The lowest BCUT2D eigenvalue weighted by atomic mass is 9.99. The molecular weight excluding hydrogens is 198 g/mol. The van der Waals surface area contributed by atoms with Crippen LogP contribution in [-0.4, -0.2) is 27.5 Å². The summed E-state index contributed by atoms with van der Waals surface area (Å²) in [5.74, 6) is 1.43. The molecule has 2 rings (SSSR count). The fourth-order valence-electron chi connectivity index (χ4n) is 2.04. The van der Waals surface area contributed by atoms with Gasteiger partial charge in [0.05, 0.1) is 6.10 Å². The van der Waals surface area contributed by atoms with Crippen LogP contribution in [0.1, 0.15) is 31.5 Å². The summed E-state index contributed by atoms with van der Waals surface area (Å²) < 4.78 is 8.26. The molecule has 0 bridgehead atoms. The Balaban J connectivity index is 2.30. The summed E-state index contributed by atoms with van der Waals surface area (Å²) >= 11 is 5.09. The number of H-pyrrole nitrogens is 1. The molecule has 0 aliphatic carbocycles. The van der Waals surface area contributed by atoms with E-state index in [0.717, 1.165) is 25.3 Å². The van der Waals surface area contributed by atoms with Crippen LogP contribution in [0.5, 0.6) is 0 Å². The second kappa shape index (κ2) is 3.82. The Morgan fingerprint density at radius 3 is 3.07 bits per heavy atom. The van der Waals surface area contributed by atoms with Gasteiger partial charge in [-0.15, -0.1) is 0 Å². The Morgan fingerprint density at radius 2 is 2.50 bits per heavy atom. The third kappa shape index (κ3) is 1.50. The Morgan fingerprint density at radius 1 is 1.71 bits per heavy atom. The van der Waals surface area contributed by atoms with Gasteiger partial charge in [-0.2, -0.15) is 5.10 Å². The van der Waals surface area contributed by atoms with Crippen LogP contribution in [0.4, 0.5) is 0 Å². The quantitative estimate of drug-likeness (QED) is 0.761. The first-order chi connectivity index (χ1) is 6.74. The van der Waals surface area contributed by atoms with Crippen molar-refractivity contribution < 1.29 is 4.74 Å². The first-order valence-electron chi connectivity index (χ1n) is 4.97. The molecule has 2 atom stereocenters. The number of nitrogens with zero attached hydrogens (tertiary/aromatic N) is 2. The van der Waals surface area contributed by atoms with Crippen LogP contribution >= 0.6 is 12.2 Å². The highest BCUT2D eigenvalue weighted by molar-refractivity contribution is 7.71. The zero-order chi connectivity index (χ0) is 10.1. The van der Waals surface area contributed by atoms with E-state index in [1.54, 1.807) is 0 Å². The number of aromatic amines is 1. The van der Waals surface area contributed by atoms with Gasteiger partial charge in [-0.25, -0.2) is 0 Å². The average molecular weight is 213 g/mol. The van der Waals surface area contributed by atoms with E-state index in [0.29, 0.717) is 16.8 Å². The monoisotopic (exact) mass is 213 g/mol. The van der Waals surface area contributed by atoms with Gasteiger partial charge in [-0.1, -0.05) is 6.92 Å². The minimum Gasteiger partial charge on any atom is -0.377 e. The Bertz CT molecular complexity index is 370. The summed E-state index contributed by atoms with van der Waals surface area (Å²) in [5, 5.41) is 7.08. The third-order valence-corrected chi connectivity index (χ3v) is 3.22. The van der Waals surface area contributed by atoms with E-state index in [4.69, 9.17) is 17.0 Å². The Labute approximate surface area is 88.3 Å². The predicted molar refractivity (Wildman–Crippen MR) is 55.8 cm³/mol. The van der Waals surface area contributed by atoms with Crippen LogP contribution < -0.4 is 0 Å². The van der Waals surface area contributed by atoms with E-state index in [9.17, 15) is 0 Å². The molecular formula is C9H15N3OS. The third-order valence-electron chi connectivity index (χ3n) is 2.86.